The van der Waals surface area contributed by atoms with Gasteiger partial charge < -0.3 is 4.74 Å². The molecule has 0 aliphatic carbocycles. The summed E-state index contributed by atoms with van der Waals surface area (Å²) >= 11 is 3.34. The molecule has 1 heterocycles. The standard InChI is InChI=1S/C8H5BrO2/c9-6-2-1-3-7-5(6)4-8(10)11-7/h1-3H,4H2. The Balaban J connectivity index is 2.57. The second kappa shape index (κ2) is 2.34. The predicted octanol–water partition coefficient (Wildman–Crippen LogP) is 1.91. The summed E-state index contributed by atoms with van der Waals surface area (Å²) < 4.78 is 5.86. The van der Waals surface area contributed by atoms with Crippen LogP contribution in [0, 0.1) is 0 Å². The summed E-state index contributed by atoms with van der Waals surface area (Å²) in [6.07, 6.45) is 0.386. The second-order valence-electron chi connectivity index (χ2n) is 2.37. The summed E-state index contributed by atoms with van der Waals surface area (Å²) in [5.41, 5.74) is 0.956. The largest absolute Gasteiger partial charge is 0.426 e. The van der Waals surface area contributed by atoms with E-state index in [0.29, 0.717) is 12.2 Å². The number of carbonyl (C=O) groups is 1. The van der Waals surface area contributed by atoms with E-state index in [1.54, 1.807) is 6.07 Å². The molecular formula is C8H5BrO2. The second-order valence-corrected chi connectivity index (χ2v) is 3.22. The number of rotatable bonds is 0. The SMILES string of the molecule is O=C1Cc2c(Br)cccc2O1. The molecule has 0 saturated carbocycles. The third-order valence-electron chi connectivity index (χ3n) is 1.62. The molecular weight excluding hydrogens is 208 g/mol. The number of fused-ring (bicyclic) bond motifs is 1. The summed E-state index contributed by atoms with van der Waals surface area (Å²) in [7, 11) is 0. The van der Waals surface area contributed by atoms with Crippen molar-refractivity contribution < 1.29 is 9.53 Å². The van der Waals surface area contributed by atoms with Crippen LogP contribution in [0.15, 0.2) is 22.7 Å². The van der Waals surface area contributed by atoms with Crippen LogP contribution >= 0.6 is 15.9 Å². The highest BCUT2D eigenvalue weighted by Gasteiger charge is 2.21. The van der Waals surface area contributed by atoms with Crippen molar-refractivity contribution in [2.45, 2.75) is 6.42 Å². The zero-order chi connectivity index (χ0) is 7.84. The van der Waals surface area contributed by atoms with Gasteiger partial charge >= 0.3 is 5.97 Å². The molecule has 0 bridgehead atoms. The first-order valence-electron chi connectivity index (χ1n) is 3.25. The third kappa shape index (κ3) is 1.05. The normalized spacial score (nSPS) is 14.5. The molecule has 0 N–H and O–H groups in total. The van der Waals surface area contributed by atoms with E-state index in [0.717, 1.165) is 10.0 Å². The number of carbonyl (C=O) groups excluding carboxylic acids is 1. The predicted molar refractivity (Wildman–Crippen MR) is 43.5 cm³/mol. The van der Waals surface area contributed by atoms with Gasteiger partial charge in [-0.2, -0.15) is 0 Å². The van der Waals surface area contributed by atoms with Crippen molar-refractivity contribution in [3.8, 4) is 5.75 Å². The highest BCUT2D eigenvalue weighted by molar-refractivity contribution is 9.10. The van der Waals surface area contributed by atoms with E-state index in [-0.39, 0.29) is 5.97 Å². The minimum atomic E-state index is -0.174. The Bertz CT molecular complexity index is 320. The van der Waals surface area contributed by atoms with Gasteiger partial charge in [-0.1, -0.05) is 22.0 Å². The monoisotopic (exact) mass is 212 g/mol. The Morgan fingerprint density at radius 3 is 3.00 bits per heavy atom. The number of esters is 1. The van der Waals surface area contributed by atoms with E-state index in [9.17, 15) is 4.79 Å². The molecule has 1 aliphatic rings. The van der Waals surface area contributed by atoms with Gasteiger partial charge in [0.05, 0.1) is 6.42 Å². The molecule has 1 aromatic rings. The number of halogens is 1. The molecule has 0 fully saturated rings. The van der Waals surface area contributed by atoms with Gasteiger partial charge in [0, 0.05) is 10.0 Å². The lowest BCUT2D eigenvalue weighted by atomic mass is 10.2. The van der Waals surface area contributed by atoms with Crippen LogP contribution in [-0.4, -0.2) is 5.97 Å². The zero-order valence-corrected chi connectivity index (χ0v) is 7.22. The van der Waals surface area contributed by atoms with E-state index in [4.69, 9.17) is 4.74 Å². The van der Waals surface area contributed by atoms with Gasteiger partial charge in [-0.25, -0.2) is 0 Å². The van der Waals surface area contributed by atoms with Crippen LogP contribution in [-0.2, 0) is 11.2 Å². The summed E-state index contributed by atoms with van der Waals surface area (Å²) in [6, 6.07) is 5.55. The molecule has 2 rings (SSSR count). The lowest BCUT2D eigenvalue weighted by Gasteiger charge is -1.96. The number of ether oxygens (including phenoxy) is 1. The van der Waals surface area contributed by atoms with Crippen molar-refractivity contribution in [3.05, 3.63) is 28.2 Å². The molecule has 1 aliphatic heterocycles. The first-order valence-corrected chi connectivity index (χ1v) is 4.05. The topological polar surface area (TPSA) is 26.3 Å². The molecule has 0 amide bonds. The van der Waals surface area contributed by atoms with Crippen LogP contribution in [0.1, 0.15) is 5.56 Å². The molecule has 0 radical (unpaired) electrons. The van der Waals surface area contributed by atoms with Crippen molar-refractivity contribution in [2.75, 3.05) is 0 Å². The van der Waals surface area contributed by atoms with Gasteiger partial charge in [0.15, 0.2) is 0 Å². The van der Waals surface area contributed by atoms with Crippen molar-refractivity contribution in [3.63, 3.8) is 0 Å². The minimum Gasteiger partial charge on any atom is -0.426 e. The number of hydrogen-bond donors (Lipinski definition) is 0. The van der Waals surface area contributed by atoms with E-state index < -0.39 is 0 Å². The Labute approximate surface area is 72.3 Å². The van der Waals surface area contributed by atoms with E-state index in [1.807, 2.05) is 12.1 Å². The van der Waals surface area contributed by atoms with Crippen LogP contribution in [0.2, 0.25) is 0 Å². The molecule has 2 nitrogen and oxygen atoms in total. The van der Waals surface area contributed by atoms with Crippen LogP contribution in [0.5, 0.6) is 5.75 Å². The van der Waals surface area contributed by atoms with Crippen LogP contribution < -0.4 is 4.74 Å². The molecule has 0 spiro atoms. The van der Waals surface area contributed by atoms with Crippen LogP contribution in [0.25, 0.3) is 0 Å². The molecule has 0 atom stereocenters. The molecule has 11 heavy (non-hydrogen) atoms. The number of benzene rings is 1. The summed E-state index contributed by atoms with van der Waals surface area (Å²) in [4.78, 5) is 10.8. The van der Waals surface area contributed by atoms with Gasteiger partial charge in [-0.15, -0.1) is 0 Å². The highest BCUT2D eigenvalue weighted by atomic mass is 79.9. The van der Waals surface area contributed by atoms with Gasteiger partial charge in [0.2, 0.25) is 0 Å². The van der Waals surface area contributed by atoms with Crippen LogP contribution in [0.4, 0.5) is 0 Å². The fourth-order valence-corrected chi connectivity index (χ4v) is 1.60. The van der Waals surface area contributed by atoms with E-state index >= 15 is 0 Å². The maximum Gasteiger partial charge on any atom is 0.315 e. The van der Waals surface area contributed by atoms with Gasteiger partial charge in [0.25, 0.3) is 0 Å². The lowest BCUT2D eigenvalue weighted by molar-refractivity contribution is -0.131. The zero-order valence-electron chi connectivity index (χ0n) is 5.63. The average Bonchev–Trinajstić information content (AvgIpc) is 2.31. The molecule has 0 saturated heterocycles. The maximum atomic E-state index is 10.8. The van der Waals surface area contributed by atoms with Crippen molar-refractivity contribution >= 4 is 21.9 Å². The van der Waals surface area contributed by atoms with Gasteiger partial charge in [-0.05, 0) is 12.1 Å². The van der Waals surface area contributed by atoms with E-state index in [1.165, 1.54) is 0 Å². The Hall–Kier alpha value is -0.830. The first kappa shape index (κ1) is 6.85. The summed E-state index contributed by atoms with van der Waals surface area (Å²) in [6.45, 7) is 0. The minimum absolute atomic E-state index is 0.174. The Morgan fingerprint density at radius 1 is 1.45 bits per heavy atom. The molecule has 1 aromatic carbocycles. The molecule has 56 valence electrons. The lowest BCUT2D eigenvalue weighted by Crippen LogP contribution is -2.00. The Morgan fingerprint density at radius 2 is 2.27 bits per heavy atom. The average molecular weight is 213 g/mol. The van der Waals surface area contributed by atoms with Gasteiger partial charge in [-0.3, -0.25) is 4.79 Å². The fourth-order valence-electron chi connectivity index (χ4n) is 1.11. The Kier molecular flexibility index (Phi) is 1.46. The third-order valence-corrected chi connectivity index (χ3v) is 2.36. The highest BCUT2D eigenvalue weighted by Crippen LogP contribution is 2.31. The first-order chi connectivity index (χ1) is 5.27. The van der Waals surface area contributed by atoms with Gasteiger partial charge in [0.1, 0.15) is 5.75 Å². The molecule has 3 heteroatoms. The fraction of sp³-hybridized carbons (Fsp3) is 0.125. The molecule has 0 unspecified atom stereocenters. The van der Waals surface area contributed by atoms with Crippen molar-refractivity contribution in [1.82, 2.24) is 0 Å². The number of hydrogen-bond acceptors (Lipinski definition) is 2. The summed E-state index contributed by atoms with van der Waals surface area (Å²) in [5.74, 6) is 0.510. The maximum absolute atomic E-state index is 10.8. The van der Waals surface area contributed by atoms with E-state index in [2.05, 4.69) is 15.9 Å². The van der Waals surface area contributed by atoms with Crippen LogP contribution in [0.3, 0.4) is 0 Å². The quantitative estimate of drug-likeness (QED) is 0.486. The summed E-state index contributed by atoms with van der Waals surface area (Å²) in [5, 5.41) is 0. The van der Waals surface area contributed by atoms with Crippen molar-refractivity contribution in [1.29, 1.82) is 0 Å². The van der Waals surface area contributed by atoms with Crippen molar-refractivity contribution in [2.24, 2.45) is 0 Å². The smallest absolute Gasteiger partial charge is 0.315 e. The molecule has 0 aromatic heterocycles.